The van der Waals surface area contributed by atoms with Crippen LogP contribution in [0, 0.1) is 5.92 Å². The maximum atomic E-state index is 5.88. The van der Waals surface area contributed by atoms with Crippen molar-refractivity contribution in [3.8, 4) is 0 Å². The van der Waals surface area contributed by atoms with E-state index in [0.717, 1.165) is 12.3 Å². The topological polar surface area (TPSA) is 0 Å². The van der Waals surface area contributed by atoms with Crippen molar-refractivity contribution in [1.29, 1.82) is 0 Å². The van der Waals surface area contributed by atoms with E-state index in [4.69, 9.17) is 11.6 Å². The van der Waals surface area contributed by atoms with Gasteiger partial charge in [-0.2, -0.15) is 0 Å². The van der Waals surface area contributed by atoms with Crippen LogP contribution in [-0.4, -0.2) is 11.0 Å². The molecule has 0 saturated carbocycles. The standard InChI is InChI=1S/C7H12ClP/c1-5-4-6(8)2-3-7(5)9/h2-3,5-7H,4,9H2,1H3. The predicted octanol–water partition coefficient (Wildman–Crippen LogP) is 2.43. The number of hydrogen-bond donors (Lipinski definition) is 0. The Morgan fingerprint density at radius 3 is 2.67 bits per heavy atom. The van der Waals surface area contributed by atoms with E-state index >= 15 is 0 Å². The fourth-order valence-corrected chi connectivity index (χ4v) is 1.68. The first-order chi connectivity index (χ1) is 4.20. The fraction of sp³-hybridized carbons (Fsp3) is 0.714. The van der Waals surface area contributed by atoms with Crippen molar-refractivity contribution >= 4 is 20.8 Å². The summed E-state index contributed by atoms with van der Waals surface area (Å²) in [5.41, 5.74) is 0.639. The van der Waals surface area contributed by atoms with E-state index in [2.05, 4.69) is 28.3 Å². The largest absolute Gasteiger partial charge is 0.130 e. The average Bonchev–Trinajstić information content (AvgIpc) is 1.80. The molecule has 0 saturated heterocycles. The molecule has 1 aliphatic carbocycles. The quantitative estimate of drug-likeness (QED) is 0.292. The van der Waals surface area contributed by atoms with Crippen molar-refractivity contribution in [2.45, 2.75) is 24.4 Å². The molecule has 0 radical (unpaired) electrons. The van der Waals surface area contributed by atoms with E-state index < -0.39 is 0 Å². The number of hydrogen-bond acceptors (Lipinski definition) is 0. The lowest BCUT2D eigenvalue weighted by atomic mass is 9.96. The number of alkyl halides is 1. The van der Waals surface area contributed by atoms with Crippen molar-refractivity contribution in [3.05, 3.63) is 12.2 Å². The van der Waals surface area contributed by atoms with Gasteiger partial charge in [-0.05, 0) is 18.0 Å². The molecule has 2 heteroatoms. The van der Waals surface area contributed by atoms with Crippen LogP contribution < -0.4 is 0 Å². The Balaban J connectivity index is 2.54. The molecular formula is C7H12ClP. The first kappa shape index (κ1) is 7.57. The summed E-state index contributed by atoms with van der Waals surface area (Å²) in [4.78, 5) is 0. The van der Waals surface area contributed by atoms with E-state index in [9.17, 15) is 0 Å². The molecule has 52 valence electrons. The second-order valence-corrected chi connectivity index (χ2v) is 4.02. The lowest BCUT2D eigenvalue weighted by Crippen LogP contribution is -2.17. The smallest absolute Gasteiger partial charge is 0.0519 e. The highest BCUT2D eigenvalue weighted by atomic mass is 35.5. The third-order valence-electron chi connectivity index (χ3n) is 1.80. The molecule has 0 spiro atoms. The minimum Gasteiger partial charge on any atom is -0.130 e. The van der Waals surface area contributed by atoms with Gasteiger partial charge in [0.15, 0.2) is 0 Å². The SMILES string of the molecule is CC1CC(Cl)C=CC1P. The monoisotopic (exact) mass is 162 g/mol. The molecule has 1 aliphatic rings. The van der Waals surface area contributed by atoms with Crippen molar-refractivity contribution in [2.24, 2.45) is 5.92 Å². The third kappa shape index (κ3) is 1.95. The van der Waals surface area contributed by atoms with Crippen molar-refractivity contribution in [1.82, 2.24) is 0 Å². The van der Waals surface area contributed by atoms with Gasteiger partial charge in [0.1, 0.15) is 0 Å². The van der Waals surface area contributed by atoms with Crippen LogP contribution in [-0.2, 0) is 0 Å². The molecule has 0 bridgehead atoms. The molecule has 0 fully saturated rings. The van der Waals surface area contributed by atoms with Gasteiger partial charge in [0.25, 0.3) is 0 Å². The Morgan fingerprint density at radius 2 is 2.22 bits per heavy atom. The Bertz CT molecular complexity index is 122. The second kappa shape index (κ2) is 3.03. The lowest BCUT2D eigenvalue weighted by molar-refractivity contribution is 0.542. The molecule has 0 amide bonds. The highest BCUT2D eigenvalue weighted by Crippen LogP contribution is 2.26. The summed E-state index contributed by atoms with van der Waals surface area (Å²) in [6.07, 6.45) is 5.38. The summed E-state index contributed by atoms with van der Waals surface area (Å²) in [5, 5.41) is 0.275. The van der Waals surface area contributed by atoms with E-state index in [1.807, 2.05) is 0 Å². The molecule has 0 aromatic heterocycles. The van der Waals surface area contributed by atoms with Crippen LogP contribution in [0.1, 0.15) is 13.3 Å². The van der Waals surface area contributed by atoms with Crippen molar-refractivity contribution in [3.63, 3.8) is 0 Å². The van der Waals surface area contributed by atoms with E-state index in [1.165, 1.54) is 0 Å². The van der Waals surface area contributed by atoms with Gasteiger partial charge in [-0.1, -0.05) is 19.1 Å². The lowest BCUT2D eigenvalue weighted by Gasteiger charge is -2.22. The van der Waals surface area contributed by atoms with Crippen LogP contribution in [0.2, 0.25) is 0 Å². The summed E-state index contributed by atoms with van der Waals surface area (Å²) in [6, 6.07) is 0. The maximum absolute atomic E-state index is 5.88. The average molecular weight is 163 g/mol. The molecular weight excluding hydrogens is 151 g/mol. The second-order valence-electron chi connectivity index (χ2n) is 2.69. The molecule has 0 aromatic rings. The Hall–Kier alpha value is 0.460. The molecule has 0 aromatic carbocycles. The van der Waals surface area contributed by atoms with Gasteiger partial charge < -0.3 is 0 Å². The van der Waals surface area contributed by atoms with Crippen molar-refractivity contribution in [2.75, 3.05) is 0 Å². The Morgan fingerprint density at radius 1 is 1.56 bits per heavy atom. The molecule has 4 unspecified atom stereocenters. The summed E-state index contributed by atoms with van der Waals surface area (Å²) >= 11 is 5.88. The molecule has 9 heavy (non-hydrogen) atoms. The van der Waals surface area contributed by atoms with Crippen LogP contribution in [0.15, 0.2) is 12.2 Å². The molecule has 0 nitrogen and oxygen atoms in total. The predicted molar refractivity (Wildman–Crippen MR) is 46.1 cm³/mol. The molecule has 0 heterocycles. The molecule has 4 atom stereocenters. The Labute approximate surface area is 63.9 Å². The summed E-state index contributed by atoms with van der Waals surface area (Å²) in [6.45, 7) is 2.23. The van der Waals surface area contributed by atoms with Crippen molar-refractivity contribution < 1.29 is 0 Å². The van der Waals surface area contributed by atoms with Crippen LogP contribution in [0.25, 0.3) is 0 Å². The zero-order valence-corrected chi connectivity index (χ0v) is 7.46. The molecule has 0 N–H and O–H groups in total. The highest BCUT2D eigenvalue weighted by molar-refractivity contribution is 7.18. The zero-order valence-electron chi connectivity index (χ0n) is 5.55. The van der Waals surface area contributed by atoms with Crippen LogP contribution >= 0.6 is 20.8 Å². The van der Waals surface area contributed by atoms with Gasteiger partial charge in [-0.15, -0.1) is 20.8 Å². The minimum atomic E-state index is 0.275. The van der Waals surface area contributed by atoms with Gasteiger partial charge in [0, 0.05) is 0 Å². The molecule has 0 aliphatic heterocycles. The van der Waals surface area contributed by atoms with Gasteiger partial charge in [0.2, 0.25) is 0 Å². The van der Waals surface area contributed by atoms with E-state index in [-0.39, 0.29) is 5.38 Å². The Kier molecular flexibility index (Phi) is 2.55. The number of rotatable bonds is 0. The van der Waals surface area contributed by atoms with Gasteiger partial charge >= 0.3 is 0 Å². The normalized spacial score (nSPS) is 43.2. The third-order valence-corrected chi connectivity index (χ3v) is 3.00. The first-order valence-electron chi connectivity index (χ1n) is 3.28. The minimum absolute atomic E-state index is 0.275. The van der Waals surface area contributed by atoms with Crippen LogP contribution in [0.5, 0.6) is 0 Å². The number of allylic oxidation sites excluding steroid dienone is 2. The fourth-order valence-electron chi connectivity index (χ4n) is 1.03. The summed E-state index contributed by atoms with van der Waals surface area (Å²) in [5.74, 6) is 0.725. The van der Waals surface area contributed by atoms with E-state index in [0.29, 0.717) is 5.66 Å². The maximum Gasteiger partial charge on any atom is 0.0519 e. The zero-order chi connectivity index (χ0) is 6.85. The highest BCUT2D eigenvalue weighted by Gasteiger charge is 2.17. The summed E-state index contributed by atoms with van der Waals surface area (Å²) < 4.78 is 0. The first-order valence-corrected chi connectivity index (χ1v) is 4.38. The number of halogens is 1. The van der Waals surface area contributed by atoms with E-state index in [1.54, 1.807) is 0 Å². The van der Waals surface area contributed by atoms with Gasteiger partial charge in [0.05, 0.1) is 5.38 Å². The summed E-state index contributed by atoms with van der Waals surface area (Å²) in [7, 11) is 2.82. The van der Waals surface area contributed by atoms with Gasteiger partial charge in [-0.3, -0.25) is 0 Å². The van der Waals surface area contributed by atoms with Crippen LogP contribution in [0.3, 0.4) is 0 Å². The molecule has 1 rings (SSSR count). The van der Waals surface area contributed by atoms with Gasteiger partial charge in [-0.25, -0.2) is 0 Å². The van der Waals surface area contributed by atoms with Crippen LogP contribution in [0.4, 0.5) is 0 Å².